The smallest absolute Gasteiger partial charge is 0.237 e. The zero-order valence-corrected chi connectivity index (χ0v) is 14.0. The van der Waals surface area contributed by atoms with Gasteiger partial charge in [-0.2, -0.15) is 5.26 Å². The predicted molar refractivity (Wildman–Crippen MR) is 90.8 cm³/mol. The second-order valence-corrected chi connectivity index (χ2v) is 7.82. The third-order valence-electron chi connectivity index (χ3n) is 5.23. The van der Waals surface area contributed by atoms with Crippen LogP contribution < -0.4 is 15.5 Å². The highest BCUT2D eigenvalue weighted by Crippen LogP contribution is 2.40. The number of rotatable bonds is 3. The first-order valence-electron chi connectivity index (χ1n) is 8.59. The second-order valence-electron chi connectivity index (χ2n) is 6.74. The monoisotopic (exact) mass is 330 g/mol. The Balaban J connectivity index is 1.46. The Hall–Kier alpha value is -1.58. The highest BCUT2D eigenvalue weighted by atomic mass is 32.1. The Labute approximate surface area is 140 Å². The predicted octanol–water partition coefficient (Wildman–Crippen LogP) is 1.56. The molecular formula is C17H22N4OS. The van der Waals surface area contributed by atoms with E-state index in [1.807, 2.05) is 0 Å². The van der Waals surface area contributed by atoms with Gasteiger partial charge in [-0.15, -0.1) is 11.3 Å². The van der Waals surface area contributed by atoms with E-state index in [0.717, 1.165) is 55.9 Å². The van der Waals surface area contributed by atoms with E-state index < -0.39 is 0 Å². The van der Waals surface area contributed by atoms with Crippen molar-refractivity contribution < 1.29 is 4.79 Å². The molecule has 23 heavy (non-hydrogen) atoms. The molecular weight excluding hydrogens is 308 g/mol. The van der Waals surface area contributed by atoms with Gasteiger partial charge in [0.05, 0.1) is 11.6 Å². The Morgan fingerprint density at radius 2 is 2.17 bits per heavy atom. The van der Waals surface area contributed by atoms with Crippen LogP contribution >= 0.6 is 11.3 Å². The molecule has 2 aliphatic heterocycles. The minimum atomic E-state index is 0.00720. The van der Waals surface area contributed by atoms with Crippen molar-refractivity contribution in [3.05, 3.63) is 16.0 Å². The number of nitrogens with zero attached hydrogens (tertiary/aromatic N) is 2. The highest BCUT2D eigenvalue weighted by Gasteiger charge is 2.32. The van der Waals surface area contributed by atoms with Gasteiger partial charge < -0.3 is 15.5 Å². The quantitative estimate of drug-likeness (QED) is 0.882. The average molecular weight is 330 g/mol. The summed E-state index contributed by atoms with van der Waals surface area (Å²) < 4.78 is 0. The van der Waals surface area contributed by atoms with Crippen molar-refractivity contribution in [3.8, 4) is 6.07 Å². The topological polar surface area (TPSA) is 68.2 Å². The zero-order chi connectivity index (χ0) is 15.8. The van der Waals surface area contributed by atoms with Crippen LogP contribution in [0.5, 0.6) is 0 Å². The van der Waals surface area contributed by atoms with Crippen LogP contribution in [0.1, 0.15) is 41.7 Å². The summed E-state index contributed by atoms with van der Waals surface area (Å²) in [6.45, 7) is 2.70. The Bertz CT molecular complexity index is 658. The molecule has 1 amide bonds. The van der Waals surface area contributed by atoms with Gasteiger partial charge in [0.1, 0.15) is 11.1 Å². The van der Waals surface area contributed by atoms with Crippen molar-refractivity contribution in [2.24, 2.45) is 0 Å². The van der Waals surface area contributed by atoms with E-state index in [4.69, 9.17) is 0 Å². The molecule has 6 heteroatoms. The zero-order valence-electron chi connectivity index (χ0n) is 13.2. The van der Waals surface area contributed by atoms with Gasteiger partial charge in [-0.25, -0.2) is 0 Å². The third-order valence-corrected chi connectivity index (χ3v) is 6.58. The maximum absolute atomic E-state index is 12.1. The standard InChI is InChI=1S/C17H22N4OS/c18-9-13-12-3-1-2-4-15(12)23-17(13)21-8-6-11(10-21)20-16(22)14-5-7-19-14/h11,14,19H,1-8,10H2,(H,20,22)/t11?,14-/m0/s1. The van der Waals surface area contributed by atoms with E-state index in [2.05, 4.69) is 21.6 Å². The van der Waals surface area contributed by atoms with Crippen LogP contribution in [0.15, 0.2) is 0 Å². The first-order chi connectivity index (χ1) is 11.3. The van der Waals surface area contributed by atoms with E-state index in [0.29, 0.717) is 0 Å². The summed E-state index contributed by atoms with van der Waals surface area (Å²) in [7, 11) is 0. The number of hydrogen-bond acceptors (Lipinski definition) is 5. The third kappa shape index (κ3) is 2.73. The SMILES string of the molecule is N#Cc1c(N2CCC(NC(=O)[C@@H]3CCN3)C2)sc2c1CCCC2. The van der Waals surface area contributed by atoms with E-state index in [-0.39, 0.29) is 18.0 Å². The van der Waals surface area contributed by atoms with Crippen LogP contribution in [0.2, 0.25) is 0 Å². The fourth-order valence-electron chi connectivity index (χ4n) is 3.77. The summed E-state index contributed by atoms with van der Waals surface area (Å²) in [6, 6.07) is 2.66. The number of thiophene rings is 1. The van der Waals surface area contributed by atoms with Crippen LogP contribution in [0, 0.1) is 11.3 Å². The van der Waals surface area contributed by atoms with E-state index in [1.165, 1.54) is 23.3 Å². The van der Waals surface area contributed by atoms with Crippen molar-refractivity contribution in [2.45, 2.75) is 50.6 Å². The molecule has 0 bridgehead atoms. The average Bonchev–Trinajstić information content (AvgIpc) is 3.08. The maximum Gasteiger partial charge on any atom is 0.237 e. The van der Waals surface area contributed by atoms with E-state index in [1.54, 1.807) is 11.3 Å². The Morgan fingerprint density at radius 3 is 2.91 bits per heavy atom. The lowest BCUT2D eigenvalue weighted by Gasteiger charge is -2.27. The molecule has 1 aromatic rings. The molecule has 4 rings (SSSR count). The van der Waals surface area contributed by atoms with E-state index >= 15 is 0 Å². The molecule has 0 saturated carbocycles. The lowest BCUT2D eigenvalue weighted by molar-refractivity contribution is -0.125. The number of hydrogen-bond donors (Lipinski definition) is 2. The highest BCUT2D eigenvalue weighted by molar-refractivity contribution is 7.16. The van der Waals surface area contributed by atoms with E-state index in [9.17, 15) is 10.1 Å². The number of aryl methyl sites for hydroxylation is 1. The molecule has 3 aliphatic rings. The molecule has 2 fully saturated rings. The lowest BCUT2D eigenvalue weighted by Crippen LogP contribution is -2.55. The first kappa shape index (κ1) is 15.0. The molecule has 0 radical (unpaired) electrons. The largest absolute Gasteiger partial charge is 0.360 e. The Morgan fingerprint density at radius 1 is 1.35 bits per heavy atom. The van der Waals surface area contributed by atoms with Crippen LogP contribution in [0.25, 0.3) is 0 Å². The van der Waals surface area contributed by atoms with Gasteiger partial charge in [0.2, 0.25) is 5.91 Å². The maximum atomic E-state index is 12.1. The normalized spacial score (nSPS) is 26.3. The minimum absolute atomic E-state index is 0.00720. The molecule has 3 heterocycles. The molecule has 122 valence electrons. The van der Waals surface area contributed by atoms with Crippen molar-refractivity contribution >= 4 is 22.2 Å². The van der Waals surface area contributed by atoms with Crippen LogP contribution in [-0.4, -0.2) is 37.6 Å². The molecule has 2 N–H and O–H groups in total. The number of nitrogens with one attached hydrogen (secondary N) is 2. The van der Waals surface area contributed by atoms with Crippen molar-refractivity contribution in [1.82, 2.24) is 10.6 Å². The molecule has 5 nitrogen and oxygen atoms in total. The molecule has 2 atom stereocenters. The van der Waals surface area contributed by atoms with Crippen molar-refractivity contribution in [1.29, 1.82) is 5.26 Å². The minimum Gasteiger partial charge on any atom is -0.360 e. The molecule has 1 unspecified atom stereocenters. The molecule has 0 aromatic carbocycles. The summed E-state index contributed by atoms with van der Waals surface area (Å²) in [6.07, 6.45) is 6.52. The number of anilines is 1. The van der Waals surface area contributed by atoms with Crippen LogP contribution in [0.3, 0.4) is 0 Å². The van der Waals surface area contributed by atoms with Gasteiger partial charge in [0, 0.05) is 24.0 Å². The van der Waals surface area contributed by atoms with Crippen LogP contribution in [-0.2, 0) is 17.6 Å². The molecule has 0 spiro atoms. The molecule has 2 saturated heterocycles. The van der Waals surface area contributed by atoms with Gasteiger partial charge in [0.15, 0.2) is 0 Å². The van der Waals surface area contributed by atoms with Gasteiger partial charge in [-0.3, -0.25) is 4.79 Å². The van der Waals surface area contributed by atoms with Gasteiger partial charge in [0.25, 0.3) is 0 Å². The van der Waals surface area contributed by atoms with Gasteiger partial charge in [-0.05, 0) is 50.6 Å². The number of carbonyl (C=O) groups excluding carboxylic acids is 1. The molecule has 1 aliphatic carbocycles. The number of fused-ring (bicyclic) bond motifs is 1. The van der Waals surface area contributed by atoms with Crippen LogP contribution in [0.4, 0.5) is 5.00 Å². The lowest BCUT2D eigenvalue weighted by atomic mass is 9.96. The van der Waals surface area contributed by atoms with Gasteiger partial charge >= 0.3 is 0 Å². The van der Waals surface area contributed by atoms with Gasteiger partial charge in [-0.1, -0.05) is 0 Å². The Kier molecular flexibility index (Phi) is 4.00. The fraction of sp³-hybridized carbons (Fsp3) is 0.647. The number of nitriles is 1. The summed E-state index contributed by atoms with van der Waals surface area (Å²) in [5.41, 5.74) is 2.20. The van der Waals surface area contributed by atoms with Crippen molar-refractivity contribution in [2.75, 3.05) is 24.5 Å². The molecule has 1 aromatic heterocycles. The summed E-state index contributed by atoms with van der Waals surface area (Å²) in [5.74, 6) is 0.133. The number of amides is 1. The summed E-state index contributed by atoms with van der Waals surface area (Å²) in [4.78, 5) is 15.8. The summed E-state index contributed by atoms with van der Waals surface area (Å²) in [5, 5.41) is 17.0. The number of carbonyl (C=O) groups is 1. The van der Waals surface area contributed by atoms with Crippen molar-refractivity contribution in [3.63, 3.8) is 0 Å². The second kappa shape index (κ2) is 6.14. The fourth-order valence-corrected chi connectivity index (χ4v) is 5.14. The first-order valence-corrected chi connectivity index (χ1v) is 9.41. The summed E-state index contributed by atoms with van der Waals surface area (Å²) >= 11 is 1.81.